The lowest BCUT2D eigenvalue weighted by Crippen LogP contribution is -1.99. The predicted octanol–water partition coefficient (Wildman–Crippen LogP) is 2.41. The van der Waals surface area contributed by atoms with Gasteiger partial charge in [0.1, 0.15) is 9.50 Å². The third kappa shape index (κ3) is 1.52. The van der Waals surface area contributed by atoms with Crippen LogP contribution in [0.3, 0.4) is 0 Å². The van der Waals surface area contributed by atoms with Gasteiger partial charge in [-0.25, -0.2) is 4.79 Å². The summed E-state index contributed by atoms with van der Waals surface area (Å²) in [5.74, 6) is -0.409. The SMILES string of the molecule is O=c1oc(Cl)c(Cl)c(O)c1Br. The Morgan fingerprint density at radius 3 is 2.55 bits per heavy atom. The van der Waals surface area contributed by atoms with Gasteiger partial charge in [0.25, 0.3) is 0 Å². The molecule has 0 unspecified atom stereocenters. The van der Waals surface area contributed by atoms with Crippen molar-refractivity contribution in [1.29, 1.82) is 0 Å². The minimum atomic E-state index is -0.767. The van der Waals surface area contributed by atoms with Crippen LogP contribution in [-0.4, -0.2) is 5.11 Å². The van der Waals surface area contributed by atoms with Crippen LogP contribution in [0.5, 0.6) is 5.75 Å². The standard InChI is InChI=1S/C5HBrCl2O3/c6-1-3(9)2(7)4(8)11-5(1)10/h9H. The van der Waals surface area contributed by atoms with Crippen molar-refractivity contribution in [1.82, 2.24) is 0 Å². The average Bonchev–Trinajstić information content (AvgIpc) is 1.97. The maximum atomic E-state index is 10.7. The molecule has 1 rings (SSSR count). The molecule has 6 heteroatoms. The lowest BCUT2D eigenvalue weighted by molar-refractivity contribution is 0.442. The van der Waals surface area contributed by atoms with Gasteiger partial charge >= 0.3 is 5.63 Å². The van der Waals surface area contributed by atoms with Crippen molar-refractivity contribution >= 4 is 39.1 Å². The van der Waals surface area contributed by atoms with Gasteiger partial charge in [0.2, 0.25) is 5.22 Å². The molecule has 1 N–H and O–H groups in total. The molecule has 0 atom stereocenters. The third-order valence-corrected chi connectivity index (χ3v) is 2.36. The molecule has 0 saturated heterocycles. The van der Waals surface area contributed by atoms with Crippen LogP contribution >= 0.6 is 39.1 Å². The second kappa shape index (κ2) is 3.05. The number of hydrogen-bond donors (Lipinski definition) is 1. The second-order valence-electron chi connectivity index (χ2n) is 1.64. The zero-order valence-corrected chi connectivity index (χ0v) is 8.00. The Bertz CT molecular complexity index is 346. The number of hydrogen-bond acceptors (Lipinski definition) is 3. The lowest BCUT2D eigenvalue weighted by atomic mass is 10.5. The second-order valence-corrected chi connectivity index (χ2v) is 3.15. The Kier molecular flexibility index (Phi) is 2.47. The maximum absolute atomic E-state index is 10.7. The maximum Gasteiger partial charge on any atom is 0.355 e. The van der Waals surface area contributed by atoms with E-state index < -0.39 is 11.4 Å². The molecule has 0 aliphatic heterocycles. The number of rotatable bonds is 0. The smallest absolute Gasteiger partial charge is 0.355 e. The first-order valence-electron chi connectivity index (χ1n) is 2.40. The van der Waals surface area contributed by atoms with Crippen molar-refractivity contribution in [2.24, 2.45) is 0 Å². The summed E-state index contributed by atoms with van der Waals surface area (Å²) in [5.41, 5.74) is -0.767. The van der Waals surface area contributed by atoms with Gasteiger partial charge < -0.3 is 9.52 Å². The van der Waals surface area contributed by atoms with Gasteiger partial charge in [0.15, 0.2) is 5.75 Å². The zero-order chi connectivity index (χ0) is 8.59. The fraction of sp³-hybridized carbons (Fsp3) is 0. The molecule has 0 amide bonds. The fourth-order valence-electron chi connectivity index (χ4n) is 0.457. The summed E-state index contributed by atoms with van der Waals surface area (Å²) in [5, 5.41) is 8.54. The molecule has 3 nitrogen and oxygen atoms in total. The first-order valence-corrected chi connectivity index (χ1v) is 3.95. The molecule has 1 heterocycles. The molecule has 0 bridgehead atoms. The summed E-state index contributed by atoms with van der Waals surface area (Å²) >= 11 is 13.5. The molecule has 0 saturated carbocycles. The number of aromatic hydroxyl groups is 1. The monoisotopic (exact) mass is 258 g/mol. The molecule has 0 aliphatic carbocycles. The first kappa shape index (κ1) is 8.90. The van der Waals surface area contributed by atoms with E-state index in [1.165, 1.54) is 0 Å². The van der Waals surface area contributed by atoms with Crippen molar-refractivity contribution in [2.75, 3.05) is 0 Å². The molecular weight excluding hydrogens is 259 g/mol. The molecule has 1 aromatic rings. The van der Waals surface area contributed by atoms with Crippen LogP contribution in [0, 0.1) is 0 Å². The van der Waals surface area contributed by atoms with Gasteiger partial charge in [-0.1, -0.05) is 11.6 Å². The van der Waals surface area contributed by atoms with E-state index in [1.807, 2.05) is 0 Å². The van der Waals surface area contributed by atoms with E-state index >= 15 is 0 Å². The van der Waals surface area contributed by atoms with E-state index in [9.17, 15) is 4.79 Å². The summed E-state index contributed by atoms with van der Waals surface area (Å²) in [4.78, 5) is 10.7. The number of halogens is 3. The fourth-order valence-corrected chi connectivity index (χ4v) is 1.14. The van der Waals surface area contributed by atoms with Crippen LogP contribution in [0.1, 0.15) is 0 Å². The van der Waals surface area contributed by atoms with E-state index in [4.69, 9.17) is 28.3 Å². The average molecular weight is 260 g/mol. The lowest BCUT2D eigenvalue weighted by Gasteiger charge is -1.97. The molecule has 0 aromatic carbocycles. The van der Waals surface area contributed by atoms with E-state index in [1.54, 1.807) is 0 Å². The Balaban J connectivity index is 3.59. The van der Waals surface area contributed by atoms with Crippen LogP contribution in [0.15, 0.2) is 13.7 Å². The Morgan fingerprint density at radius 2 is 2.00 bits per heavy atom. The van der Waals surface area contributed by atoms with E-state index in [0.29, 0.717) is 0 Å². The van der Waals surface area contributed by atoms with E-state index in [-0.39, 0.29) is 14.7 Å². The summed E-state index contributed by atoms with van der Waals surface area (Å²) in [7, 11) is 0. The molecule has 1 aromatic heterocycles. The van der Waals surface area contributed by atoms with E-state index in [2.05, 4.69) is 20.3 Å². The molecule has 0 fully saturated rings. The highest BCUT2D eigenvalue weighted by Crippen LogP contribution is 2.34. The summed E-state index contributed by atoms with van der Waals surface area (Å²) in [6.07, 6.45) is 0. The van der Waals surface area contributed by atoms with Gasteiger partial charge in [-0.05, 0) is 27.5 Å². The van der Waals surface area contributed by atoms with Crippen LogP contribution in [0.4, 0.5) is 0 Å². The Morgan fingerprint density at radius 1 is 1.45 bits per heavy atom. The molecule has 60 valence electrons. The van der Waals surface area contributed by atoms with Gasteiger partial charge in [0.05, 0.1) is 0 Å². The Hall–Kier alpha value is -0.190. The van der Waals surface area contributed by atoms with Gasteiger partial charge in [-0.2, -0.15) is 0 Å². The van der Waals surface area contributed by atoms with Gasteiger partial charge in [-0.15, -0.1) is 0 Å². The van der Waals surface area contributed by atoms with Crippen molar-refractivity contribution in [3.63, 3.8) is 0 Å². The molecule has 0 radical (unpaired) electrons. The topological polar surface area (TPSA) is 50.4 Å². The zero-order valence-electron chi connectivity index (χ0n) is 4.90. The molecule has 11 heavy (non-hydrogen) atoms. The van der Waals surface area contributed by atoms with Crippen molar-refractivity contribution in [3.8, 4) is 5.75 Å². The molecule has 0 spiro atoms. The predicted molar refractivity (Wildman–Crippen MR) is 44.4 cm³/mol. The minimum absolute atomic E-state index is 0.132. The quantitative estimate of drug-likeness (QED) is 0.779. The van der Waals surface area contributed by atoms with Crippen molar-refractivity contribution < 1.29 is 9.52 Å². The largest absolute Gasteiger partial charge is 0.505 e. The van der Waals surface area contributed by atoms with E-state index in [0.717, 1.165) is 0 Å². The highest BCUT2D eigenvalue weighted by Gasteiger charge is 2.13. The first-order chi connectivity index (χ1) is 5.04. The van der Waals surface area contributed by atoms with Gasteiger partial charge in [-0.3, -0.25) is 0 Å². The summed E-state index contributed by atoms with van der Waals surface area (Å²) in [6, 6.07) is 0. The van der Waals surface area contributed by atoms with Crippen molar-refractivity contribution in [2.45, 2.75) is 0 Å². The van der Waals surface area contributed by atoms with Crippen LogP contribution < -0.4 is 5.63 Å². The Labute approximate surface area is 79.7 Å². The minimum Gasteiger partial charge on any atom is -0.505 e. The molecular formula is C5HBrCl2O3. The highest BCUT2D eigenvalue weighted by molar-refractivity contribution is 9.10. The van der Waals surface area contributed by atoms with Crippen LogP contribution in [0.25, 0.3) is 0 Å². The molecule has 0 aliphatic rings. The van der Waals surface area contributed by atoms with Crippen molar-refractivity contribution in [3.05, 3.63) is 25.1 Å². The van der Waals surface area contributed by atoms with Crippen LogP contribution in [0.2, 0.25) is 10.2 Å². The third-order valence-electron chi connectivity index (χ3n) is 0.950. The highest BCUT2D eigenvalue weighted by atomic mass is 79.9. The summed E-state index contributed by atoms with van der Waals surface area (Å²) in [6.45, 7) is 0. The van der Waals surface area contributed by atoms with Crippen LogP contribution in [-0.2, 0) is 0 Å². The van der Waals surface area contributed by atoms with Gasteiger partial charge in [0, 0.05) is 0 Å². The normalized spacial score (nSPS) is 10.1. The summed E-state index contributed by atoms with van der Waals surface area (Å²) < 4.78 is 4.26.